The molecule has 5 nitrogen and oxygen atoms in total. The van der Waals surface area contributed by atoms with E-state index >= 15 is 0 Å². The molecule has 1 amide bonds. The molecule has 0 atom stereocenters. The maximum atomic E-state index is 12.5. The Morgan fingerprint density at radius 1 is 1.20 bits per heavy atom. The van der Waals surface area contributed by atoms with E-state index in [4.69, 9.17) is 4.42 Å². The maximum absolute atomic E-state index is 12.5. The molecule has 1 fully saturated rings. The summed E-state index contributed by atoms with van der Waals surface area (Å²) in [5, 5.41) is 10.0. The van der Waals surface area contributed by atoms with Crippen molar-refractivity contribution in [3.05, 3.63) is 53.3 Å². The standard InChI is InChI=1S/C19H21NO4S/c1-25-17-7-6-16(24-17)18(21)20-10-8-13(9-11-20)12-14-4-2-3-5-15(14)19(22)23/h2-7,13H,8-12H2,1H3,(H,22,23). The summed E-state index contributed by atoms with van der Waals surface area (Å²) in [6.45, 7) is 1.35. The van der Waals surface area contributed by atoms with Crippen LogP contribution < -0.4 is 0 Å². The number of nitrogens with zero attached hydrogens (tertiary/aromatic N) is 1. The molecule has 2 aromatic rings. The third-order valence-electron chi connectivity index (χ3n) is 4.65. The van der Waals surface area contributed by atoms with Crippen LogP contribution in [0.1, 0.15) is 39.3 Å². The van der Waals surface area contributed by atoms with E-state index < -0.39 is 5.97 Å². The molecule has 0 spiro atoms. The van der Waals surface area contributed by atoms with Gasteiger partial charge in [-0.1, -0.05) is 30.0 Å². The third-order valence-corrected chi connectivity index (χ3v) is 5.27. The van der Waals surface area contributed by atoms with Crippen molar-refractivity contribution in [3.8, 4) is 0 Å². The van der Waals surface area contributed by atoms with Gasteiger partial charge in [0.25, 0.3) is 5.91 Å². The zero-order valence-corrected chi connectivity index (χ0v) is 14.9. The molecule has 0 aliphatic carbocycles. The van der Waals surface area contributed by atoms with Crippen molar-refractivity contribution in [1.29, 1.82) is 0 Å². The number of aromatic carboxylic acids is 1. The minimum atomic E-state index is -0.884. The van der Waals surface area contributed by atoms with Gasteiger partial charge >= 0.3 is 5.97 Å². The number of amides is 1. The summed E-state index contributed by atoms with van der Waals surface area (Å²) in [5.41, 5.74) is 1.25. The molecule has 2 heterocycles. The van der Waals surface area contributed by atoms with Crippen LogP contribution >= 0.6 is 11.8 Å². The Bertz CT molecular complexity index is 762. The minimum Gasteiger partial charge on any atom is -0.478 e. The van der Waals surface area contributed by atoms with Gasteiger partial charge in [0.15, 0.2) is 10.9 Å². The first-order chi connectivity index (χ1) is 12.1. The topological polar surface area (TPSA) is 70.8 Å². The number of carboxylic acid groups (broad SMARTS) is 1. The molecular formula is C19H21NO4S. The van der Waals surface area contributed by atoms with Crippen LogP contribution in [-0.2, 0) is 6.42 Å². The van der Waals surface area contributed by atoms with Crippen molar-refractivity contribution >= 4 is 23.6 Å². The van der Waals surface area contributed by atoms with Crippen LogP contribution in [0.4, 0.5) is 0 Å². The fourth-order valence-corrected chi connectivity index (χ4v) is 3.64. The van der Waals surface area contributed by atoms with Gasteiger partial charge < -0.3 is 14.4 Å². The van der Waals surface area contributed by atoms with Gasteiger partial charge in [0, 0.05) is 13.1 Å². The number of hydrogen-bond donors (Lipinski definition) is 1. The highest BCUT2D eigenvalue weighted by Gasteiger charge is 2.26. The number of hydrogen-bond acceptors (Lipinski definition) is 4. The number of rotatable bonds is 5. The van der Waals surface area contributed by atoms with Gasteiger partial charge in [-0.25, -0.2) is 4.79 Å². The van der Waals surface area contributed by atoms with E-state index in [2.05, 4.69) is 0 Å². The number of piperidine rings is 1. The summed E-state index contributed by atoms with van der Waals surface area (Å²) >= 11 is 1.47. The van der Waals surface area contributed by atoms with Gasteiger partial charge in [-0.15, -0.1) is 0 Å². The lowest BCUT2D eigenvalue weighted by molar-refractivity contribution is 0.0653. The summed E-state index contributed by atoms with van der Waals surface area (Å²) in [4.78, 5) is 25.6. The number of benzene rings is 1. The van der Waals surface area contributed by atoms with Crippen molar-refractivity contribution < 1.29 is 19.1 Å². The molecule has 132 valence electrons. The number of carbonyl (C=O) groups is 2. The Kier molecular flexibility index (Phi) is 5.48. The molecule has 25 heavy (non-hydrogen) atoms. The van der Waals surface area contributed by atoms with Crippen LogP contribution in [0.25, 0.3) is 0 Å². The maximum Gasteiger partial charge on any atom is 0.335 e. The monoisotopic (exact) mass is 359 g/mol. The third kappa shape index (κ3) is 4.07. The van der Waals surface area contributed by atoms with Crippen LogP contribution in [0.3, 0.4) is 0 Å². The lowest BCUT2D eigenvalue weighted by atomic mass is 9.88. The molecule has 3 rings (SSSR count). The fraction of sp³-hybridized carbons (Fsp3) is 0.368. The molecule has 1 aromatic heterocycles. The second-order valence-electron chi connectivity index (χ2n) is 6.22. The summed E-state index contributed by atoms with van der Waals surface area (Å²) in [7, 11) is 0. The van der Waals surface area contributed by atoms with E-state index in [1.807, 2.05) is 29.4 Å². The van der Waals surface area contributed by atoms with Crippen molar-refractivity contribution in [2.24, 2.45) is 5.92 Å². The highest BCUT2D eigenvalue weighted by Crippen LogP contribution is 2.25. The summed E-state index contributed by atoms with van der Waals surface area (Å²) in [6, 6.07) is 10.7. The van der Waals surface area contributed by atoms with Crippen molar-refractivity contribution in [3.63, 3.8) is 0 Å². The van der Waals surface area contributed by atoms with Gasteiger partial charge in [0.1, 0.15) is 0 Å². The van der Waals surface area contributed by atoms with E-state index in [0.717, 1.165) is 29.9 Å². The fourth-order valence-electron chi connectivity index (χ4n) is 3.26. The normalized spacial score (nSPS) is 15.3. The molecule has 6 heteroatoms. The molecule has 1 saturated heterocycles. The lowest BCUT2D eigenvalue weighted by Crippen LogP contribution is -2.38. The Hall–Kier alpha value is -2.21. The predicted molar refractivity (Wildman–Crippen MR) is 96.2 cm³/mol. The average Bonchev–Trinajstić information content (AvgIpc) is 3.11. The van der Waals surface area contributed by atoms with Gasteiger partial charge in [-0.05, 0) is 55.2 Å². The molecule has 1 aliphatic heterocycles. The second-order valence-corrected chi connectivity index (χ2v) is 7.04. The zero-order chi connectivity index (χ0) is 17.8. The largest absolute Gasteiger partial charge is 0.478 e. The number of carbonyl (C=O) groups excluding carboxylic acids is 1. The first-order valence-electron chi connectivity index (χ1n) is 8.32. The smallest absolute Gasteiger partial charge is 0.335 e. The first kappa shape index (κ1) is 17.6. The quantitative estimate of drug-likeness (QED) is 0.823. The van der Waals surface area contributed by atoms with Crippen molar-refractivity contribution in [1.82, 2.24) is 4.90 Å². The van der Waals surface area contributed by atoms with Gasteiger partial charge in [0.05, 0.1) is 5.56 Å². The predicted octanol–water partition coefficient (Wildman–Crippen LogP) is 3.79. The summed E-state index contributed by atoms with van der Waals surface area (Å²) in [5.74, 6) is -0.169. The molecule has 0 bridgehead atoms. The summed E-state index contributed by atoms with van der Waals surface area (Å²) < 4.78 is 5.52. The first-order valence-corrected chi connectivity index (χ1v) is 9.55. The van der Waals surface area contributed by atoms with Crippen molar-refractivity contribution in [2.45, 2.75) is 24.4 Å². The van der Waals surface area contributed by atoms with Crippen LogP contribution in [0, 0.1) is 5.92 Å². The molecule has 1 aromatic carbocycles. The van der Waals surface area contributed by atoms with E-state index in [9.17, 15) is 14.7 Å². The Morgan fingerprint density at radius 2 is 1.92 bits per heavy atom. The SMILES string of the molecule is CSc1ccc(C(=O)N2CCC(Cc3ccccc3C(=O)O)CC2)o1. The van der Waals surface area contributed by atoms with E-state index in [1.54, 1.807) is 18.2 Å². The number of carboxylic acids is 1. The van der Waals surface area contributed by atoms with E-state index in [1.165, 1.54) is 11.8 Å². The Morgan fingerprint density at radius 3 is 2.56 bits per heavy atom. The molecule has 1 N–H and O–H groups in total. The van der Waals surface area contributed by atoms with Gasteiger partial charge in [-0.2, -0.15) is 0 Å². The van der Waals surface area contributed by atoms with Crippen LogP contribution in [-0.4, -0.2) is 41.2 Å². The molecule has 0 saturated carbocycles. The number of likely N-dealkylation sites (tertiary alicyclic amines) is 1. The van der Waals surface area contributed by atoms with Crippen LogP contribution in [0.5, 0.6) is 0 Å². The average molecular weight is 359 g/mol. The van der Waals surface area contributed by atoms with Gasteiger partial charge in [0.2, 0.25) is 0 Å². The van der Waals surface area contributed by atoms with E-state index in [0.29, 0.717) is 30.3 Å². The molecule has 1 aliphatic rings. The highest BCUT2D eigenvalue weighted by atomic mass is 32.2. The lowest BCUT2D eigenvalue weighted by Gasteiger charge is -2.31. The van der Waals surface area contributed by atoms with E-state index in [-0.39, 0.29) is 5.91 Å². The summed E-state index contributed by atoms with van der Waals surface area (Å²) in [6.07, 6.45) is 4.39. The molecular weight excluding hydrogens is 338 g/mol. The Labute approximate surface area is 151 Å². The van der Waals surface area contributed by atoms with Crippen molar-refractivity contribution in [2.75, 3.05) is 19.3 Å². The van der Waals surface area contributed by atoms with Crippen LogP contribution in [0.15, 0.2) is 45.9 Å². The number of thioether (sulfide) groups is 1. The second kappa shape index (κ2) is 7.78. The Balaban J connectivity index is 1.59. The molecule has 0 unspecified atom stereocenters. The molecule has 0 radical (unpaired) electrons. The number of furan rings is 1. The zero-order valence-electron chi connectivity index (χ0n) is 14.1. The van der Waals surface area contributed by atoms with Gasteiger partial charge in [-0.3, -0.25) is 4.79 Å². The van der Waals surface area contributed by atoms with Crippen LogP contribution in [0.2, 0.25) is 0 Å². The highest BCUT2D eigenvalue weighted by molar-refractivity contribution is 7.98. The minimum absolute atomic E-state index is 0.0651.